The highest BCUT2D eigenvalue weighted by molar-refractivity contribution is 14.1. The van der Waals surface area contributed by atoms with Gasteiger partial charge in [-0.15, -0.1) is 11.3 Å². The summed E-state index contributed by atoms with van der Waals surface area (Å²) in [6.07, 6.45) is 0. The molecule has 0 aliphatic rings. The summed E-state index contributed by atoms with van der Waals surface area (Å²) in [6, 6.07) is 9.59. The van der Waals surface area contributed by atoms with Crippen molar-refractivity contribution in [3.63, 3.8) is 0 Å². The molecule has 1 amide bonds. The first-order valence-electron chi connectivity index (χ1n) is 5.98. The Labute approximate surface area is 130 Å². The zero-order valence-corrected chi connectivity index (χ0v) is 13.6. The van der Waals surface area contributed by atoms with Crippen molar-refractivity contribution in [3.8, 4) is 0 Å². The number of benzene rings is 1. The van der Waals surface area contributed by atoms with E-state index in [0.717, 1.165) is 19.7 Å². The highest BCUT2D eigenvalue weighted by atomic mass is 127. The van der Waals surface area contributed by atoms with Crippen molar-refractivity contribution in [2.45, 2.75) is 13.5 Å². The number of thiophene rings is 1. The molecule has 0 radical (unpaired) electrons. The van der Waals surface area contributed by atoms with Gasteiger partial charge in [0.1, 0.15) is 0 Å². The number of hydrogen-bond acceptors (Lipinski definition) is 3. The fourth-order valence-electron chi connectivity index (χ4n) is 1.84. The van der Waals surface area contributed by atoms with Gasteiger partial charge in [-0.3, -0.25) is 4.79 Å². The maximum Gasteiger partial charge on any atom is 0.255 e. The largest absolute Gasteiger partial charge is 0.399 e. The van der Waals surface area contributed by atoms with Crippen LogP contribution in [0.1, 0.15) is 22.8 Å². The van der Waals surface area contributed by atoms with Crippen molar-refractivity contribution < 1.29 is 4.79 Å². The Morgan fingerprint density at radius 2 is 2.21 bits per heavy atom. The molecule has 2 aromatic rings. The van der Waals surface area contributed by atoms with E-state index in [1.165, 1.54) is 0 Å². The van der Waals surface area contributed by atoms with Crippen molar-refractivity contribution in [1.29, 1.82) is 0 Å². The predicted octanol–water partition coefficient (Wildman–Crippen LogP) is 3.60. The normalized spacial score (nSPS) is 10.4. The molecule has 3 nitrogen and oxygen atoms in total. The van der Waals surface area contributed by atoms with E-state index in [0.29, 0.717) is 13.1 Å². The Morgan fingerprint density at radius 1 is 1.42 bits per heavy atom. The van der Waals surface area contributed by atoms with Crippen molar-refractivity contribution in [3.05, 3.63) is 49.7 Å². The predicted molar refractivity (Wildman–Crippen MR) is 88.3 cm³/mol. The van der Waals surface area contributed by atoms with Gasteiger partial charge in [0.05, 0.1) is 8.45 Å². The topological polar surface area (TPSA) is 46.3 Å². The first-order valence-corrected chi connectivity index (χ1v) is 7.93. The van der Waals surface area contributed by atoms with Crippen LogP contribution in [0.5, 0.6) is 0 Å². The van der Waals surface area contributed by atoms with Gasteiger partial charge >= 0.3 is 0 Å². The van der Waals surface area contributed by atoms with Gasteiger partial charge in [-0.25, -0.2) is 0 Å². The SMILES string of the molecule is CCN(Cc1cccc(N)c1)C(=O)c1csc(I)c1. The minimum absolute atomic E-state index is 0.0732. The second-order valence-electron chi connectivity index (χ2n) is 4.20. The van der Waals surface area contributed by atoms with Crippen LogP contribution in [0.25, 0.3) is 0 Å². The third kappa shape index (κ3) is 3.70. The number of halogens is 1. The maximum atomic E-state index is 12.4. The molecule has 2 N–H and O–H groups in total. The summed E-state index contributed by atoms with van der Waals surface area (Å²) in [7, 11) is 0. The summed E-state index contributed by atoms with van der Waals surface area (Å²) < 4.78 is 1.13. The second-order valence-corrected chi connectivity index (χ2v) is 7.01. The number of anilines is 1. The van der Waals surface area contributed by atoms with Crippen molar-refractivity contribution >= 4 is 45.5 Å². The summed E-state index contributed by atoms with van der Waals surface area (Å²) in [5.41, 5.74) is 8.31. The zero-order valence-electron chi connectivity index (χ0n) is 10.6. The molecule has 19 heavy (non-hydrogen) atoms. The van der Waals surface area contributed by atoms with Gasteiger partial charge in [0, 0.05) is 24.2 Å². The molecule has 0 saturated carbocycles. The van der Waals surface area contributed by atoms with Crippen molar-refractivity contribution in [2.24, 2.45) is 0 Å². The monoisotopic (exact) mass is 386 g/mol. The standard InChI is InChI=1S/C14H15IN2OS/c1-2-17(8-10-4-3-5-12(16)6-10)14(18)11-7-13(15)19-9-11/h3-7,9H,2,8,16H2,1H3. The number of nitrogen functional groups attached to an aromatic ring is 1. The molecule has 0 fully saturated rings. The number of carbonyl (C=O) groups excluding carboxylic acids is 1. The average Bonchev–Trinajstić information content (AvgIpc) is 2.82. The highest BCUT2D eigenvalue weighted by Crippen LogP contribution is 2.19. The lowest BCUT2D eigenvalue weighted by atomic mass is 10.2. The number of hydrogen-bond donors (Lipinski definition) is 1. The fraction of sp³-hybridized carbons (Fsp3) is 0.214. The number of amides is 1. The van der Waals surface area contributed by atoms with Gasteiger partial charge in [0.25, 0.3) is 5.91 Å². The lowest BCUT2D eigenvalue weighted by Gasteiger charge is -2.20. The van der Waals surface area contributed by atoms with Gasteiger partial charge in [-0.1, -0.05) is 12.1 Å². The molecule has 0 saturated heterocycles. The molecule has 0 aliphatic heterocycles. The van der Waals surface area contributed by atoms with Crippen molar-refractivity contribution in [1.82, 2.24) is 4.90 Å². The summed E-state index contributed by atoms with van der Waals surface area (Å²) in [5.74, 6) is 0.0732. The van der Waals surface area contributed by atoms with E-state index < -0.39 is 0 Å². The lowest BCUT2D eigenvalue weighted by molar-refractivity contribution is 0.0753. The van der Waals surface area contributed by atoms with Crippen LogP contribution in [-0.2, 0) is 6.54 Å². The molecule has 1 aromatic carbocycles. The van der Waals surface area contributed by atoms with E-state index in [9.17, 15) is 4.79 Å². The van der Waals surface area contributed by atoms with Crippen LogP contribution < -0.4 is 5.73 Å². The molecular formula is C14H15IN2OS. The van der Waals surface area contributed by atoms with E-state index >= 15 is 0 Å². The second kappa shape index (κ2) is 6.38. The minimum Gasteiger partial charge on any atom is -0.399 e. The molecule has 0 bridgehead atoms. The maximum absolute atomic E-state index is 12.4. The molecule has 100 valence electrons. The van der Waals surface area contributed by atoms with Crippen LogP contribution in [-0.4, -0.2) is 17.4 Å². The van der Waals surface area contributed by atoms with Crippen LogP contribution in [0.15, 0.2) is 35.7 Å². The summed E-state index contributed by atoms with van der Waals surface area (Å²) in [5, 5.41) is 1.91. The van der Waals surface area contributed by atoms with Crippen LogP contribution in [0, 0.1) is 2.88 Å². The molecule has 0 unspecified atom stereocenters. The fourth-order valence-corrected chi connectivity index (χ4v) is 3.16. The molecule has 1 aromatic heterocycles. The van der Waals surface area contributed by atoms with Gasteiger partial charge in [0.2, 0.25) is 0 Å². The number of carbonyl (C=O) groups is 1. The Kier molecular flexibility index (Phi) is 4.81. The summed E-state index contributed by atoms with van der Waals surface area (Å²) in [6.45, 7) is 3.26. The van der Waals surface area contributed by atoms with Crippen LogP contribution in [0.3, 0.4) is 0 Å². The number of nitrogens with two attached hydrogens (primary N) is 1. The molecule has 0 atom stereocenters. The molecule has 5 heteroatoms. The minimum atomic E-state index is 0.0732. The van der Waals surface area contributed by atoms with E-state index in [1.807, 2.05) is 47.5 Å². The molecule has 1 heterocycles. The number of rotatable bonds is 4. The lowest BCUT2D eigenvalue weighted by Crippen LogP contribution is -2.30. The quantitative estimate of drug-likeness (QED) is 0.645. The summed E-state index contributed by atoms with van der Waals surface area (Å²) >= 11 is 3.82. The van der Waals surface area contributed by atoms with Crippen LogP contribution in [0.4, 0.5) is 5.69 Å². The van der Waals surface area contributed by atoms with E-state index in [1.54, 1.807) is 11.3 Å². The summed E-state index contributed by atoms with van der Waals surface area (Å²) in [4.78, 5) is 14.2. The third-order valence-corrected chi connectivity index (χ3v) is 4.60. The van der Waals surface area contributed by atoms with Gasteiger partial charge < -0.3 is 10.6 Å². The Bertz CT molecular complexity index is 582. The van der Waals surface area contributed by atoms with Gasteiger partial charge in [-0.05, 0) is 53.3 Å². The van der Waals surface area contributed by atoms with E-state index in [-0.39, 0.29) is 5.91 Å². The molecule has 0 aliphatic carbocycles. The molecule has 2 rings (SSSR count). The van der Waals surface area contributed by atoms with Crippen LogP contribution in [0.2, 0.25) is 0 Å². The third-order valence-electron chi connectivity index (χ3n) is 2.81. The van der Waals surface area contributed by atoms with E-state index in [4.69, 9.17) is 5.73 Å². The smallest absolute Gasteiger partial charge is 0.255 e. The number of nitrogens with zero attached hydrogens (tertiary/aromatic N) is 1. The first kappa shape index (κ1) is 14.3. The zero-order chi connectivity index (χ0) is 13.8. The Hall–Kier alpha value is -1.08. The highest BCUT2D eigenvalue weighted by Gasteiger charge is 2.15. The van der Waals surface area contributed by atoms with E-state index in [2.05, 4.69) is 22.6 Å². The molecular weight excluding hydrogens is 371 g/mol. The Morgan fingerprint density at radius 3 is 2.79 bits per heavy atom. The van der Waals surface area contributed by atoms with Gasteiger partial charge in [0.15, 0.2) is 0 Å². The van der Waals surface area contributed by atoms with Gasteiger partial charge in [-0.2, -0.15) is 0 Å². The van der Waals surface area contributed by atoms with Crippen molar-refractivity contribution in [2.75, 3.05) is 12.3 Å². The first-order chi connectivity index (χ1) is 9.10. The van der Waals surface area contributed by atoms with Crippen LogP contribution >= 0.6 is 33.9 Å². The molecule has 0 spiro atoms. The average molecular weight is 386 g/mol. The Balaban J connectivity index is 2.14.